The maximum atomic E-state index is 5.34. The Kier molecular flexibility index (Phi) is 6.91. The van der Waals surface area contributed by atoms with Gasteiger partial charge in [-0.2, -0.15) is 0 Å². The molecular weight excluding hydrogens is 286 g/mol. The largest absolute Gasteiger partial charge is 0.379 e. The summed E-state index contributed by atoms with van der Waals surface area (Å²) in [6, 6.07) is 0. The van der Waals surface area contributed by atoms with E-state index in [0.717, 1.165) is 57.5 Å². The van der Waals surface area contributed by atoms with Crippen molar-refractivity contribution in [2.45, 2.75) is 19.9 Å². The molecule has 1 aromatic heterocycles. The van der Waals surface area contributed by atoms with Crippen molar-refractivity contribution in [1.29, 1.82) is 0 Å². The van der Waals surface area contributed by atoms with E-state index in [-0.39, 0.29) is 0 Å². The van der Waals surface area contributed by atoms with Gasteiger partial charge >= 0.3 is 0 Å². The smallest absolute Gasteiger partial charge is 0.191 e. The van der Waals surface area contributed by atoms with Gasteiger partial charge in [0.25, 0.3) is 0 Å². The van der Waals surface area contributed by atoms with E-state index in [9.17, 15) is 0 Å². The molecule has 1 fully saturated rings. The number of aliphatic imine (C=N–C) groups is 1. The molecule has 0 aliphatic carbocycles. The first kappa shape index (κ1) is 16.2. The van der Waals surface area contributed by atoms with Crippen LogP contribution in [0.5, 0.6) is 0 Å². The summed E-state index contributed by atoms with van der Waals surface area (Å²) < 4.78 is 5.34. The van der Waals surface area contributed by atoms with Gasteiger partial charge in [0, 0.05) is 38.6 Å². The Balaban J connectivity index is 1.65. The second-order valence-corrected chi connectivity index (χ2v) is 5.84. The number of aromatic nitrogens is 1. The first-order chi connectivity index (χ1) is 10.3. The van der Waals surface area contributed by atoms with Crippen LogP contribution in [-0.4, -0.2) is 62.3 Å². The fourth-order valence-corrected chi connectivity index (χ4v) is 2.89. The number of nitrogens with zero attached hydrogens (tertiary/aromatic N) is 3. The standard InChI is InChI=1S/C14H25N5OS/c1-3-13-18-12(11-21-13)10-17-14(15-2)16-4-5-19-6-8-20-9-7-19/h11H,3-10H2,1-2H3,(H2,15,16,17). The minimum atomic E-state index is 0.716. The van der Waals surface area contributed by atoms with E-state index in [4.69, 9.17) is 4.74 Å². The summed E-state index contributed by atoms with van der Waals surface area (Å²) in [6.07, 6.45) is 0.997. The lowest BCUT2D eigenvalue weighted by atomic mass is 10.4. The van der Waals surface area contributed by atoms with Crippen LogP contribution in [0.3, 0.4) is 0 Å². The molecule has 1 saturated heterocycles. The highest BCUT2D eigenvalue weighted by atomic mass is 32.1. The molecule has 1 aliphatic heterocycles. The summed E-state index contributed by atoms with van der Waals surface area (Å²) >= 11 is 1.72. The molecule has 0 aromatic carbocycles. The number of morpholine rings is 1. The van der Waals surface area contributed by atoms with Crippen LogP contribution in [0.25, 0.3) is 0 Å². The highest BCUT2D eigenvalue weighted by Crippen LogP contribution is 2.09. The number of hydrogen-bond donors (Lipinski definition) is 2. The Morgan fingerprint density at radius 2 is 2.24 bits per heavy atom. The Morgan fingerprint density at radius 1 is 1.43 bits per heavy atom. The Bertz CT molecular complexity index is 442. The third-order valence-corrected chi connectivity index (χ3v) is 4.43. The summed E-state index contributed by atoms with van der Waals surface area (Å²) in [5, 5.41) is 9.93. The molecule has 1 aliphatic rings. The van der Waals surface area contributed by atoms with E-state index >= 15 is 0 Å². The summed E-state index contributed by atoms with van der Waals surface area (Å²) in [4.78, 5) is 11.2. The molecule has 6 nitrogen and oxygen atoms in total. The van der Waals surface area contributed by atoms with Crippen LogP contribution in [-0.2, 0) is 17.7 Å². The van der Waals surface area contributed by atoms with Crippen molar-refractivity contribution in [3.05, 3.63) is 16.1 Å². The van der Waals surface area contributed by atoms with Crippen molar-refractivity contribution in [2.24, 2.45) is 4.99 Å². The number of hydrogen-bond acceptors (Lipinski definition) is 5. The van der Waals surface area contributed by atoms with Gasteiger partial charge in [-0.05, 0) is 6.42 Å². The van der Waals surface area contributed by atoms with Gasteiger partial charge in [0.1, 0.15) is 0 Å². The van der Waals surface area contributed by atoms with Crippen molar-refractivity contribution in [1.82, 2.24) is 20.5 Å². The Labute approximate surface area is 130 Å². The molecule has 2 N–H and O–H groups in total. The van der Waals surface area contributed by atoms with Crippen LogP contribution in [0.4, 0.5) is 0 Å². The van der Waals surface area contributed by atoms with Gasteiger partial charge in [-0.1, -0.05) is 6.92 Å². The minimum Gasteiger partial charge on any atom is -0.379 e. The van der Waals surface area contributed by atoms with Crippen molar-refractivity contribution in [3.8, 4) is 0 Å². The lowest BCUT2D eigenvalue weighted by Gasteiger charge is -2.26. The highest BCUT2D eigenvalue weighted by Gasteiger charge is 2.09. The zero-order valence-electron chi connectivity index (χ0n) is 12.9. The summed E-state index contributed by atoms with van der Waals surface area (Å²) in [5.41, 5.74) is 1.08. The minimum absolute atomic E-state index is 0.716. The number of guanidine groups is 1. The first-order valence-corrected chi connectivity index (χ1v) is 8.37. The molecule has 118 valence electrons. The first-order valence-electron chi connectivity index (χ1n) is 7.49. The zero-order chi connectivity index (χ0) is 14.9. The fraction of sp³-hybridized carbons (Fsp3) is 0.714. The molecule has 0 spiro atoms. The highest BCUT2D eigenvalue weighted by molar-refractivity contribution is 7.09. The van der Waals surface area contributed by atoms with Crippen LogP contribution in [0.15, 0.2) is 10.4 Å². The summed E-state index contributed by atoms with van der Waals surface area (Å²) in [6.45, 7) is 8.47. The zero-order valence-corrected chi connectivity index (χ0v) is 13.7. The lowest BCUT2D eigenvalue weighted by molar-refractivity contribution is 0.0389. The predicted octanol–water partition coefficient (Wildman–Crippen LogP) is 0.703. The molecule has 0 atom stereocenters. The normalized spacial score (nSPS) is 17.0. The molecule has 21 heavy (non-hydrogen) atoms. The lowest BCUT2D eigenvalue weighted by Crippen LogP contribution is -2.44. The molecule has 2 heterocycles. The maximum absolute atomic E-state index is 5.34. The van der Waals surface area contributed by atoms with Gasteiger partial charge in [-0.15, -0.1) is 11.3 Å². The average molecular weight is 311 g/mol. The van der Waals surface area contributed by atoms with Crippen LogP contribution < -0.4 is 10.6 Å². The molecule has 0 amide bonds. The number of rotatable bonds is 6. The molecule has 0 bridgehead atoms. The fourth-order valence-electron chi connectivity index (χ4n) is 2.14. The summed E-state index contributed by atoms with van der Waals surface area (Å²) in [5.74, 6) is 0.828. The number of nitrogens with one attached hydrogen (secondary N) is 2. The molecular formula is C14H25N5OS. The Morgan fingerprint density at radius 3 is 2.90 bits per heavy atom. The third kappa shape index (κ3) is 5.61. The monoisotopic (exact) mass is 311 g/mol. The van der Waals surface area contributed by atoms with Gasteiger partial charge in [-0.3, -0.25) is 9.89 Å². The van der Waals surface area contributed by atoms with Gasteiger partial charge in [-0.25, -0.2) is 4.98 Å². The van der Waals surface area contributed by atoms with Gasteiger partial charge in [0.05, 0.1) is 30.5 Å². The molecule has 2 rings (SSSR count). The van der Waals surface area contributed by atoms with E-state index in [1.54, 1.807) is 18.4 Å². The molecule has 1 aromatic rings. The topological polar surface area (TPSA) is 61.8 Å². The van der Waals surface area contributed by atoms with Crippen LogP contribution in [0.2, 0.25) is 0 Å². The van der Waals surface area contributed by atoms with E-state index in [1.807, 2.05) is 0 Å². The predicted molar refractivity (Wildman–Crippen MR) is 87.0 cm³/mol. The van der Waals surface area contributed by atoms with Gasteiger partial charge in [0.15, 0.2) is 5.96 Å². The average Bonchev–Trinajstić information content (AvgIpc) is 3.00. The van der Waals surface area contributed by atoms with Crippen molar-refractivity contribution >= 4 is 17.3 Å². The van der Waals surface area contributed by atoms with E-state index < -0.39 is 0 Å². The second kappa shape index (κ2) is 8.96. The molecule has 7 heteroatoms. The van der Waals surface area contributed by atoms with Crippen LogP contribution >= 0.6 is 11.3 Å². The third-order valence-electron chi connectivity index (χ3n) is 3.39. The number of aryl methyl sites for hydroxylation is 1. The van der Waals surface area contributed by atoms with E-state index in [2.05, 4.69) is 37.8 Å². The van der Waals surface area contributed by atoms with Crippen LogP contribution in [0, 0.1) is 0 Å². The number of ether oxygens (including phenoxy) is 1. The van der Waals surface area contributed by atoms with Crippen molar-refractivity contribution in [2.75, 3.05) is 46.4 Å². The SMILES string of the molecule is CCc1nc(CNC(=NC)NCCN2CCOCC2)cs1. The second-order valence-electron chi connectivity index (χ2n) is 4.89. The van der Waals surface area contributed by atoms with E-state index in [1.165, 1.54) is 5.01 Å². The maximum Gasteiger partial charge on any atom is 0.191 e. The molecule has 0 radical (unpaired) electrons. The van der Waals surface area contributed by atoms with Crippen molar-refractivity contribution < 1.29 is 4.74 Å². The Hall–Kier alpha value is -1.18. The quantitative estimate of drug-likeness (QED) is 0.598. The molecule has 0 saturated carbocycles. The van der Waals surface area contributed by atoms with Crippen molar-refractivity contribution in [3.63, 3.8) is 0 Å². The van der Waals surface area contributed by atoms with Gasteiger partial charge < -0.3 is 15.4 Å². The van der Waals surface area contributed by atoms with E-state index in [0.29, 0.717) is 6.54 Å². The van der Waals surface area contributed by atoms with Gasteiger partial charge in [0.2, 0.25) is 0 Å². The number of thiazole rings is 1. The van der Waals surface area contributed by atoms with Crippen LogP contribution in [0.1, 0.15) is 17.6 Å². The molecule has 0 unspecified atom stereocenters. The summed E-state index contributed by atoms with van der Waals surface area (Å²) in [7, 11) is 1.79.